The maximum absolute atomic E-state index is 12.6. The number of aromatic nitrogens is 1. The molecule has 0 saturated carbocycles. The molecule has 0 spiro atoms. The van der Waals surface area contributed by atoms with Gasteiger partial charge in [-0.25, -0.2) is 8.42 Å². The van der Waals surface area contributed by atoms with Crippen LogP contribution in [0.4, 0.5) is 5.69 Å². The Bertz CT molecular complexity index is 994. The summed E-state index contributed by atoms with van der Waals surface area (Å²) in [5.74, 6) is 0. The molecule has 1 heterocycles. The highest BCUT2D eigenvalue weighted by Crippen LogP contribution is 2.23. The zero-order valence-electron chi connectivity index (χ0n) is 11.9. The summed E-state index contributed by atoms with van der Waals surface area (Å²) in [7, 11) is -1.93. The van der Waals surface area contributed by atoms with E-state index in [1.165, 1.54) is 0 Å². The molecular weight excluding hydrogens is 316 g/mol. The fraction of sp³-hybridized carbons (Fsp3) is 0.0625. The molecule has 0 radical (unpaired) electrons. The predicted molar refractivity (Wildman–Crippen MR) is 91.0 cm³/mol. The van der Waals surface area contributed by atoms with Crippen LogP contribution in [0, 0.1) is 4.51 Å². The third-order valence-electron chi connectivity index (χ3n) is 3.38. The topological polar surface area (TPSA) is 51.1 Å². The molecule has 0 aliphatic rings. The largest absolute Gasteiger partial charge is 0.349 e. The summed E-state index contributed by atoms with van der Waals surface area (Å²) < 4.78 is 29.9. The third kappa shape index (κ3) is 2.63. The first-order valence-electron chi connectivity index (χ1n) is 6.65. The molecule has 112 valence electrons. The van der Waals surface area contributed by atoms with Crippen molar-refractivity contribution in [3.05, 3.63) is 65.3 Å². The maximum atomic E-state index is 12.6. The van der Waals surface area contributed by atoms with Gasteiger partial charge < -0.3 is 4.57 Å². The van der Waals surface area contributed by atoms with E-state index in [4.69, 9.17) is 12.2 Å². The van der Waals surface area contributed by atoms with Gasteiger partial charge in [-0.15, -0.1) is 0 Å². The van der Waals surface area contributed by atoms with Crippen molar-refractivity contribution in [2.45, 2.75) is 4.90 Å². The van der Waals surface area contributed by atoms with E-state index < -0.39 is 10.0 Å². The number of sulfonamides is 1. The Morgan fingerprint density at radius 2 is 1.64 bits per heavy atom. The van der Waals surface area contributed by atoms with E-state index in [1.54, 1.807) is 42.1 Å². The van der Waals surface area contributed by atoms with Crippen molar-refractivity contribution < 1.29 is 8.42 Å². The lowest BCUT2D eigenvalue weighted by Gasteiger charge is -2.12. The van der Waals surface area contributed by atoms with Gasteiger partial charge in [-0.1, -0.05) is 48.6 Å². The van der Waals surface area contributed by atoms with E-state index in [1.807, 2.05) is 30.3 Å². The Kier molecular flexibility index (Phi) is 3.72. The van der Waals surface area contributed by atoms with Crippen LogP contribution < -0.4 is 4.72 Å². The Morgan fingerprint density at radius 3 is 2.36 bits per heavy atom. The molecule has 1 N–H and O–H groups in total. The normalized spacial score (nSPS) is 11.5. The number of hydrogen-bond donors (Lipinski definition) is 1. The van der Waals surface area contributed by atoms with Crippen molar-refractivity contribution >= 4 is 38.8 Å². The Balaban J connectivity index is 2.18. The molecule has 1 aromatic heterocycles. The smallest absolute Gasteiger partial charge is 0.264 e. The number of nitrogens with zero attached hydrogens (tertiary/aromatic N) is 1. The zero-order valence-corrected chi connectivity index (χ0v) is 13.5. The molecule has 0 aliphatic heterocycles. The average Bonchev–Trinajstić information content (AvgIpc) is 2.51. The van der Waals surface area contributed by atoms with Gasteiger partial charge in [0.1, 0.15) is 4.90 Å². The maximum Gasteiger partial charge on any atom is 0.264 e. The molecule has 0 fully saturated rings. The first-order chi connectivity index (χ1) is 10.5. The van der Waals surface area contributed by atoms with Gasteiger partial charge in [-0.05, 0) is 18.2 Å². The van der Waals surface area contributed by atoms with Crippen LogP contribution in [-0.2, 0) is 17.1 Å². The SMILES string of the molecule is Cn1cc(S(=O)(=O)Nc2ccccc2)c(=S)c2ccccc21. The highest BCUT2D eigenvalue weighted by Gasteiger charge is 2.18. The fourth-order valence-corrected chi connectivity index (χ4v) is 4.08. The number of benzene rings is 2. The van der Waals surface area contributed by atoms with Crippen LogP contribution in [0.2, 0.25) is 0 Å². The summed E-state index contributed by atoms with van der Waals surface area (Å²) in [6, 6.07) is 16.2. The van der Waals surface area contributed by atoms with Crippen molar-refractivity contribution in [3.8, 4) is 0 Å². The molecule has 0 saturated heterocycles. The first kappa shape index (κ1) is 14.7. The van der Waals surface area contributed by atoms with E-state index in [9.17, 15) is 8.42 Å². The average molecular weight is 330 g/mol. The number of pyridine rings is 1. The van der Waals surface area contributed by atoms with Crippen molar-refractivity contribution in [1.82, 2.24) is 4.57 Å². The molecule has 0 unspecified atom stereocenters. The first-order valence-corrected chi connectivity index (χ1v) is 8.54. The quantitative estimate of drug-likeness (QED) is 0.745. The molecule has 22 heavy (non-hydrogen) atoms. The summed E-state index contributed by atoms with van der Waals surface area (Å²) in [5.41, 5.74) is 1.40. The minimum atomic E-state index is -3.73. The van der Waals surface area contributed by atoms with Crippen LogP contribution in [0.3, 0.4) is 0 Å². The lowest BCUT2D eigenvalue weighted by atomic mass is 10.2. The van der Waals surface area contributed by atoms with Gasteiger partial charge in [-0.3, -0.25) is 4.72 Å². The third-order valence-corrected chi connectivity index (χ3v) is 5.34. The summed E-state index contributed by atoms with van der Waals surface area (Å²) in [4.78, 5) is 0.104. The minimum Gasteiger partial charge on any atom is -0.349 e. The zero-order chi connectivity index (χ0) is 15.7. The molecular formula is C16H14N2O2S2. The van der Waals surface area contributed by atoms with Crippen LogP contribution in [0.15, 0.2) is 65.7 Å². The van der Waals surface area contributed by atoms with E-state index in [-0.39, 0.29) is 4.90 Å². The van der Waals surface area contributed by atoms with Crippen LogP contribution in [0.25, 0.3) is 10.9 Å². The van der Waals surface area contributed by atoms with E-state index in [2.05, 4.69) is 4.72 Å². The second kappa shape index (κ2) is 5.55. The van der Waals surface area contributed by atoms with Gasteiger partial charge >= 0.3 is 0 Å². The minimum absolute atomic E-state index is 0.104. The molecule has 0 amide bonds. The molecule has 2 aromatic carbocycles. The van der Waals surface area contributed by atoms with E-state index >= 15 is 0 Å². The summed E-state index contributed by atoms with van der Waals surface area (Å²) in [5, 5.41) is 0.746. The lowest BCUT2D eigenvalue weighted by molar-refractivity contribution is 0.600. The fourth-order valence-electron chi connectivity index (χ4n) is 2.32. The van der Waals surface area contributed by atoms with Crippen LogP contribution in [0.5, 0.6) is 0 Å². The van der Waals surface area contributed by atoms with Crippen molar-refractivity contribution in [2.75, 3.05) is 4.72 Å². The highest BCUT2D eigenvalue weighted by molar-refractivity contribution is 7.93. The summed E-state index contributed by atoms with van der Waals surface area (Å²) >= 11 is 5.39. The van der Waals surface area contributed by atoms with Crippen LogP contribution in [-0.4, -0.2) is 13.0 Å². The van der Waals surface area contributed by atoms with Gasteiger partial charge in [0, 0.05) is 29.8 Å². The number of hydrogen-bond acceptors (Lipinski definition) is 3. The summed E-state index contributed by atoms with van der Waals surface area (Å²) in [6.07, 6.45) is 1.55. The molecule has 3 aromatic rings. The standard InChI is InChI=1S/C16H14N2O2S2/c1-18-11-15(16(21)13-9-5-6-10-14(13)18)22(19,20)17-12-7-3-2-4-8-12/h2-11,17H,1H3. The highest BCUT2D eigenvalue weighted by atomic mass is 32.2. The van der Waals surface area contributed by atoms with E-state index in [0.29, 0.717) is 10.2 Å². The molecule has 4 nitrogen and oxygen atoms in total. The second-order valence-corrected chi connectivity index (χ2v) is 6.98. The number of rotatable bonds is 3. The molecule has 6 heteroatoms. The molecule has 0 aliphatic carbocycles. The number of nitrogens with one attached hydrogen (secondary N) is 1. The van der Waals surface area contributed by atoms with Gasteiger partial charge in [0.05, 0.1) is 4.51 Å². The molecule has 3 rings (SSSR count). The van der Waals surface area contributed by atoms with Crippen molar-refractivity contribution in [2.24, 2.45) is 7.05 Å². The Morgan fingerprint density at radius 1 is 1.00 bits per heavy atom. The lowest BCUT2D eigenvalue weighted by Crippen LogP contribution is -2.15. The van der Waals surface area contributed by atoms with Crippen LogP contribution in [0.1, 0.15) is 0 Å². The second-order valence-electron chi connectivity index (χ2n) is 4.92. The van der Waals surface area contributed by atoms with Gasteiger partial charge in [0.2, 0.25) is 0 Å². The Hall–Kier alpha value is -2.18. The van der Waals surface area contributed by atoms with Crippen LogP contribution >= 0.6 is 12.2 Å². The molecule has 0 atom stereocenters. The monoisotopic (exact) mass is 330 g/mol. The van der Waals surface area contributed by atoms with Gasteiger partial charge in [-0.2, -0.15) is 0 Å². The van der Waals surface area contributed by atoms with Crippen molar-refractivity contribution in [1.29, 1.82) is 0 Å². The number of para-hydroxylation sites is 2. The molecule has 0 bridgehead atoms. The number of anilines is 1. The van der Waals surface area contributed by atoms with Gasteiger partial charge in [0.15, 0.2) is 0 Å². The number of fused-ring (bicyclic) bond motifs is 1. The number of aryl methyl sites for hydroxylation is 1. The summed E-state index contributed by atoms with van der Waals surface area (Å²) in [6.45, 7) is 0. The predicted octanol–water partition coefficient (Wildman–Crippen LogP) is 3.71. The van der Waals surface area contributed by atoms with E-state index in [0.717, 1.165) is 10.9 Å². The Labute approximate surface area is 134 Å². The van der Waals surface area contributed by atoms with Crippen molar-refractivity contribution in [3.63, 3.8) is 0 Å². The van der Waals surface area contributed by atoms with Gasteiger partial charge in [0.25, 0.3) is 10.0 Å².